The number of amides is 1. The summed E-state index contributed by atoms with van der Waals surface area (Å²) in [5.74, 6) is 0.593. The van der Waals surface area contributed by atoms with E-state index in [9.17, 15) is 9.18 Å². The van der Waals surface area contributed by atoms with Crippen molar-refractivity contribution in [1.82, 2.24) is 14.7 Å². The summed E-state index contributed by atoms with van der Waals surface area (Å²) in [6, 6.07) is 6.19. The first kappa shape index (κ1) is 16.7. The van der Waals surface area contributed by atoms with Crippen molar-refractivity contribution in [1.29, 1.82) is 0 Å². The van der Waals surface area contributed by atoms with E-state index in [0.717, 1.165) is 37.3 Å². The van der Waals surface area contributed by atoms with E-state index in [4.69, 9.17) is 0 Å². The number of carbonyl (C=O) groups excluding carboxylic acids is 1. The van der Waals surface area contributed by atoms with E-state index in [1.165, 1.54) is 12.1 Å². The van der Waals surface area contributed by atoms with Gasteiger partial charge in [-0.05, 0) is 48.9 Å². The predicted octanol–water partition coefficient (Wildman–Crippen LogP) is 4.01. The van der Waals surface area contributed by atoms with Crippen molar-refractivity contribution >= 4 is 5.91 Å². The zero-order valence-corrected chi connectivity index (χ0v) is 14.5. The topological polar surface area (TPSA) is 38.1 Å². The summed E-state index contributed by atoms with van der Waals surface area (Å²) in [4.78, 5) is 14.9. The van der Waals surface area contributed by atoms with Crippen molar-refractivity contribution in [3.63, 3.8) is 0 Å². The first-order valence-electron chi connectivity index (χ1n) is 8.60. The Morgan fingerprint density at radius 1 is 1.21 bits per heavy atom. The second-order valence-electron chi connectivity index (χ2n) is 6.96. The summed E-state index contributed by atoms with van der Waals surface area (Å²) >= 11 is 0. The lowest BCUT2D eigenvalue weighted by molar-refractivity contribution is 0.0695. The highest BCUT2D eigenvalue weighted by atomic mass is 19.1. The van der Waals surface area contributed by atoms with Gasteiger partial charge < -0.3 is 4.90 Å². The fourth-order valence-corrected chi connectivity index (χ4v) is 3.25. The Kier molecular flexibility index (Phi) is 4.69. The molecular weight excluding hydrogens is 305 g/mol. The molecule has 0 bridgehead atoms. The second-order valence-corrected chi connectivity index (χ2v) is 6.96. The van der Waals surface area contributed by atoms with Crippen molar-refractivity contribution in [2.24, 2.45) is 5.92 Å². The third-order valence-electron chi connectivity index (χ3n) is 4.73. The zero-order chi connectivity index (χ0) is 17.3. The molecule has 0 saturated carbocycles. The van der Waals surface area contributed by atoms with Crippen LogP contribution < -0.4 is 0 Å². The van der Waals surface area contributed by atoms with Crippen molar-refractivity contribution in [2.45, 2.75) is 39.5 Å². The molecule has 2 heterocycles. The fraction of sp³-hybridized carbons (Fsp3) is 0.474. The molecule has 4 nitrogen and oxygen atoms in total. The molecule has 3 rings (SSSR count). The molecule has 2 aromatic rings. The molecule has 1 saturated heterocycles. The number of piperidine rings is 1. The molecular formula is C19H24FN3O. The van der Waals surface area contributed by atoms with Crippen LogP contribution in [0.15, 0.2) is 30.5 Å². The Morgan fingerprint density at radius 3 is 2.42 bits per heavy atom. The van der Waals surface area contributed by atoms with Crippen LogP contribution in [0.3, 0.4) is 0 Å². The summed E-state index contributed by atoms with van der Waals surface area (Å²) in [7, 11) is 0. The van der Waals surface area contributed by atoms with Gasteiger partial charge in [0.05, 0.1) is 23.1 Å². The quantitative estimate of drug-likeness (QED) is 0.853. The van der Waals surface area contributed by atoms with Crippen LogP contribution >= 0.6 is 0 Å². The lowest BCUT2D eigenvalue weighted by Crippen LogP contribution is -2.38. The summed E-state index contributed by atoms with van der Waals surface area (Å²) in [5.41, 5.74) is 2.31. The van der Waals surface area contributed by atoms with Crippen molar-refractivity contribution < 1.29 is 9.18 Å². The van der Waals surface area contributed by atoms with Gasteiger partial charge in [0.1, 0.15) is 5.82 Å². The molecule has 128 valence electrons. The number of benzene rings is 1. The molecule has 1 amide bonds. The molecule has 1 aliphatic rings. The van der Waals surface area contributed by atoms with Crippen LogP contribution in [0.25, 0.3) is 5.69 Å². The number of nitrogens with zero attached hydrogens (tertiary/aromatic N) is 3. The Hall–Kier alpha value is -2.17. The molecule has 0 spiro atoms. The smallest absolute Gasteiger partial charge is 0.257 e. The molecule has 5 heteroatoms. The predicted molar refractivity (Wildman–Crippen MR) is 91.9 cm³/mol. The van der Waals surface area contributed by atoms with Gasteiger partial charge in [0, 0.05) is 13.1 Å². The minimum Gasteiger partial charge on any atom is -0.339 e. The molecule has 0 radical (unpaired) electrons. The van der Waals surface area contributed by atoms with E-state index < -0.39 is 0 Å². The molecule has 0 aliphatic carbocycles. The van der Waals surface area contributed by atoms with Crippen LogP contribution in [-0.2, 0) is 0 Å². The maximum atomic E-state index is 13.2. The number of aromatic nitrogens is 2. The van der Waals surface area contributed by atoms with Crippen molar-refractivity contribution in [2.75, 3.05) is 13.1 Å². The summed E-state index contributed by atoms with van der Waals surface area (Å²) in [6.07, 6.45) is 3.75. The first-order chi connectivity index (χ1) is 11.5. The van der Waals surface area contributed by atoms with Crippen LogP contribution in [0.2, 0.25) is 0 Å². The van der Waals surface area contributed by atoms with E-state index >= 15 is 0 Å². The average molecular weight is 329 g/mol. The number of likely N-dealkylation sites (tertiary alicyclic amines) is 1. The van der Waals surface area contributed by atoms with Gasteiger partial charge in [0.25, 0.3) is 5.91 Å². The number of hydrogen-bond donors (Lipinski definition) is 0. The summed E-state index contributed by atoms with van der Waals surface area (Å²) in [6.45, 7) is 7.94. The van der Waals surface area contributed by atoms with Gasteiger partial charge in [0.15, 0.2) is 0 Å². The molecule has 0 N–H and O–H groups in total. The number of rotatable bonds is 3. The highest BCUT2D eigenvalue weighted by Gasteiger charge is 2.27. The summed E-state index contributed by atoms with van der Waals surface area (Å²) < 4.78 is 14.9. The third-order valence-corrected chi connectivity index (χ3v) is 4.73. The monoisotopic (exact) mass is 329 g/mol. The van der Waals surface area contributed by atoms with Crippen LogP contribution in [0, 0.1) is 11.7 Å². The van der Waals surface area contributed by atoms with Crippen LogP contribution in [0.5, 0.6) is 0 Å². The number of halogens is 1. The van der Waals surface area contributed by atoms with Gasteiger partial charge in [-0.1, -0.05) is 20.8 Å². The Morgan fingerprint density at radius 2 is 1.83 bits per heavy atom. The van der Waals surface area contributed by atoms with Crippen LogP contribution in [-0.4, -0.2) is 33.7 Å². The van der Waals surface area contributed by atoms with E-state index in [0.29, 0.717) is 11.5 Å². The lowest BCUT2D eigenvalue weighted by Gasteiger charge is -2.30. The van der Waals surface area contributed by atoms with Gasteiger partial charge in [-0.3, -0.25) is 4.79 Å². The Bertz CT molecular complexity index is 713. The van der Waals surface area contributed by atoms with Gasteiger partial charge in [0.2, 0.25) is 0 Å². The van der Waals surface area contributed by atoms with Gasteiger partial charge in [-0.2, -0.15) is 5.10 Å². The van der Waals surface area contributed by atoms with Crippen molar-refractivity contribution in [3.05, 3.63) is 47.5 Å². The van der Waals surface area contributed by atoms with E-state index in [1.54, 1.807) is 23.0 Å². The van der Waals surface area contributed by atoms with E-state index in [-0.39, 0.29) is 17.6 Å². The molecule has 1 aromatic heterocycles. The molecule has 1 fully saturated rings. The highest BCUT2D eigenvalue weighted by Crippen LogP contribution is 2.26. The Balaban J connectivity index is 1.94. The van der Waals surface area contributed by atoms with Gasteiger partial charge in [-0.15, -0.1) is 0 Å². The minimum absolute atomic E-state index is 0.0546. The summed E-state index contributed by atoms with van der Waals surface area (Å²) in [5, 5.41) is 4.41. The minimum atomic E-state index is -0.282. The molecule has 0 atom stereocenters. The fourth-order valence-electron chi connectivity index (χ4n) is 3.25. The lowest BCUT2D eigenvalue weighted by atomic mass is 9.98. The van der Waals surface area contributed by atoms with Crippen LogP contribution in [0.4, 0.5) is 4.39 Å². The average Bonchev–Trinajstić information content (AvgIpc) is 3.01. The largest absolute Gasteiger partial charge is 0.339 e. The highest BCUT2D eigenvalue weighted by molar-refractivity contribution is 5.95. The molecule has 1 aliphatic heterocycles. The normalized spacial score (nSPS) is 16.0. The SMILES string of the molecule is CC1CCN(C(=O)c2cnn(-c3ccc(F)cc3)c2C(C)C)CC1. The van der Waals surface area contributed by atoms with E-state index in [2.05, 4.69) is 12.0 Å². The van der Waals surface area contributed by atoms with Crippen molar-refractivity contribution in [3.8, 4) is 5.69 Å². The first-order valence-corrected chi connectivity index (χ1v) is 8.60. The van der Waals surface area contributed by atoms with Crippen LogP contribution in [0.1, 0.15) is 55.6 Å². The maximum absolute atomic E-state index is 13.2. The number of carbonyl (C=O) groups is 1. The molecule has 1 aromatic carbocycles. The molecule has 24 heavy (non-hydrogen) atoms. The second kappa shape index (κ2) is 6.75. The van der Waals surface area contributed by atoms with Gasteiger partial charge in [-0.25, -0.2) is 9.07 Å². The maximum Gasteiger partial charge on any atom is 0.257 e. The van der Waals surface area contributed by atoms with Gasteiger partial charge >= 0.3 is 0 Å². The zero-order valence-electron chi connectivity index (χ0n) is 14.5. The van der Waals surface area contributed by atoms with E-state index in [1.807, 2.05) is 18.7 Å². The molecule has 0 unspecified atom stereocenters. The standard InChI is InChI=1S/C19H24FN3O/c1-13(2)18-17(19(24)22-10-8-14(3)9-11-22)12-21-23(18)16-6-4-15(20)5-7-16/h4-7,12-14H,8-11H2,1-3H3. The number of hydrogen-bond acceptors (Lipinski definition) is 2. The third kappa shape index (κ3) is 3.21. The Labute approximate surface area is 142 Å².